The molecule has 0 bridgehead atoms. The Balaban J connectivity index is 1.63. The maximum absolute atomic E-state index is 6.08. The maximum Gasteiger partial charge on any atom is 0.124 e. The lowest BCUT2D eigenvalue weighted by Gasteiger charge is -2.13. The van der Waals surface area contributed by atoms with Crippen LogP contribution in [0.25, 0.3) is 0 Å². The molecule has 0 atom stereocenters. The summed E-state index contributed by atoms with van der Waals surface area (Å²) in [6.45, 7) is 4.28. The van der Waals surface area contributed by atoms with Gasteiger partial charge in [-0.3, -0.25) is 0 Å². The number of nitrogens with one attached hydrogen (secondary N) is 1. The van der Waals surface area contributed by atoms with Crippen LogP contribution in [0.4, 0.5) is 0 Å². The van der Waals surface area contributed by atoms with Crippen molar-refractivity contribution in [3.63, 3.8) is 0 Å². The summed E-state index contributed by atoms with van der Waals surface area (Å²) in [5.74, 6) is 0.922. The molecule has 2 nitrogen and oxygen atoms in total. The van der Waals surface area contributed by atoms with Crippen LogP contribution in [-0.2, 0) is 19.7 Å². The van der Waals surface area contributed by atoms with Gasteiger partial charge < -0.3 is 10.1 Å². The summed E-state index contributed by atoms with van der Waals surface area (Å²) in [7, 11) is 0. The molecular formula is C22H22BrNO. The first-order valence-electron chi connectivity index (χ1n) is 8.42. The van der Waals surface area contributed by atoms with Gasteiger partial charge in [-0.2, -0.15) is 0 Å². The first-order chi connectivity index (χ1) is 12.2. The SMILES string of the molecule is Cc1cccc(COc2ccc(Br)cc2CNCc2ccccc2)c1. The van der Waals surface area contributed by atoms with Crippen LogP contribution in [0, 0.1) is 6.92 Å². The molecule has 0 radical (unpaired) electrons. The van der Waals surface area contributed by atoms with Crippen LogP contribution >= 0.6 is 15.9 Å². The number of halogens is 1. The van der Waals surface area contributed by atoms with Crippen LogP contribution in [0.15, 0.2) is 77.3 Å². The van der Waals surface area contributed by atoms with E-state index < -0.39 is 0 Å². The Labute approximate surface area is 158 Å². The fourth-order valence-electron chi connectivity index (χ4n) is 2.73. The Kier molecular flexibility index (Phi) is 6.26. The third-order valence-corrected chi connectivity index (χ3v) is 4.48. The van der Waals surface area contributed by atoms with Gasteiger partial charge in [-0.25, -0.2) is 0 Å². The summed E-state index contributed by atoms with van der Waals surface area (Å²) < 4.78 is 7.14. The molecule has 0 fully saturated rings. The van der Waals surface area contributed by atoms with Crippen molar-refractivity contribution in [3.05, 3.63) is 99.5 Å². The van der Waals surface area contributed by atoms with E-state index >= 15 is 0 Å². The topological polar surface area (TPSA) is 21.3 Å². The molecule has 25 heavy (non-hydrogen) atoms. The molecule has 0 aromatic heterocycles. The second kappa shape index (κ2) is 8.84. The number of hydrogen-bond acceptors (Lipinski definition) is 2. The van der Waals surface area contributed by atoms with Crippen LogP contribution in [-0.4, -0.2) is 0 Å². The molecule has 0 saturated carbocycles. The zero-order valence-corrected chi connectivity index (χ0v) is 15.9. The minimum absolute atomic E-state index is 0.578. The quantitative estimate of drug-likeness (QED) is 0.559. The molecule has 0 aliphatic heterocycles. The summed E-state index contributed by atoms with van der Waals surface area (Å²) in [5, 5.41) is 3.49. The van der Waals surface area contributed by atoms with Crippen molar-refractivity contribution in [2.45, 2.75) is 26.6 Å². The van der Waals surface area contributed by atoms with Crippen molar-refractivity contribution in [2.75, 3.05) is 0 Å². The van der Waals surface area contributed by atoms with Crippen LogP contribution in [0.5, 0.6) is 5.75 Å². The Morgan fingerprint density at radius 2 is 1.64 bits per heavy atom. The predicted molar refractivity (Wildman–Crippen MR) is 107 cm³/mol. The lowest BCUT2D eigenvalue weighted by molar-refractivity contribution is 0.302. The van der Waals surface area contributed by atoms with Crippen LogP contribution in [0.2, 0.25) is 0 Å². The van der Waals surface area contributed by atoms with E-state index in [1.165, 1.54) is 16.7 Å². The van der Waals surface area contributed by atoms with E-state index in [-0.39, 0.29) is 0 Å². The largest absolute Gasteiger partial charge is 0.489 e. The van der Waals surface area contributed by atoms with Gasteiger partial charge >= 0.3 is 0 Å². The number of ether oxygens (including phenoxy) is 1. The first-order valence-corrected chi connectivity index (χ1v) is 9.21. The summed E-state index contributed by atoms with van der Waals surface area (Å²) in [4.78, 5) is 0. The Morgan fingerprint density at radius 3 is 2.44 bits per heavy atom. The van der Waals surface area contributed by atoms with Gasteiger partial charge in [0.25, 0.3) is 0 Å². The normalized spacial score (nSPS) is 10.6. The highest BCUT2D eigenvalue weighted by Crippen LogP contribution is 2.24. The van der Waals surface area contributed by atoms with E-state index in [1.807, 2.05) is 18.2 Å². The second-order valence-electron chi connectivity index (χ2n) is 6.12. The zero-order chi connectivity index (χ0) is 17.5. The smallest absolute Gasteiger partial charge is 0.124 e. The summed E-state index contributed by atoms with van der Waals surface area (Å²) in [6, 6.07) is 25.0. The van der Waals surface area contributed by atoms with Gasteiger partial charge in [0.15, 0.2) is 0 Å². The molecule has 0 aliphatic rings. The molecule has 0 aliphatic carbocycles. The Bertz CT molecular complexity index is 817. The molecule has 1 N–H and O–H groups in total. The lowest BCUT2D eigenvalue weighted by atomic mass is 10.1. The molecule has 3 rings (SSSR count). The van der Waals surface area contributed by atoms with Gasteiger partial charge in [0.05, 0.1) is 0 Å². The van der Waals surface area contributed by atoms with Crippen molar-refractivity contribution in [2.24, 2.45) is 0 Å². The van der Waals surface area contributed by atoms with Crippen molar-refractivity contribution in [1.82, 2.24) is 5.32 Å². The first kappa shape index (κ1) is 17.7. The molecule has 0 saturated heterocycles. The van der Waals surface area contributed by atoms with Gasteiger partial charge in [-0.1, -0.05) is 76.1 Å². The fraction of sp³-hybridized carbons (Fsp3) is 0.182. The fourth-order valence-corrected chi connectivity index (χ4v) is 3.14. The highest BCUT2D eigenvalue weighted by atomic mass is 79.9. The Morgan fingerprint density at radius 1 is 0.840 bits per heavy atom. The van der Waals surface area contributed by atoms with Gasteiger partial charge in [0.2, 0.25) is 0 Å². The maximum atomic E-state index is 6.08. The lowest BCUT2D eigenvalue weighted by Crippen LogP contribution is -2.13. The van der Waals surface area contributed by atoms with E-state index in [9.17, 15) is 0 Å². The van der Waals surface area contributed by atoms with E-state index in [0.29, 0.717) is 6.61 Å². The molecule has 3 heteroatoms. The van der Waals surface area contributed by atoms with Crippen LogP contribution in [0.3, 0.4) is 0 Å². The minimum Gasteiger partial charge on any atom is -0.489 e. The highest BCUT2D eigenvalue weighted by molar-refractivity contribution is 9.10. The van der Waals surface area contributed by atoms with Gasteiger partial charge in [-0.05, 0) is 36.2 Å². The van der Waals surface area contributed by atoms with Crippen molar-refractivity contribution >= 4 is 15.9 Å². The average Bonchev–Trinajstić information content (AvgIpc) is 2.62. The zero-order valence-electron chi connectivity index (χ0n) is 14.3. The van der Waals surface area contributed by atoms with Gasteiger partial charge in [0, 0.05) is 23.1 Å². The Hall–Kier alpha value is -2.10. The average molecular weight is 396 g/mol. The van der Waals surface area contributed by atoms with Crippen molar-refractivity contribution in [3.8, 4) is 5.75 Å². The molecule has 128 valence electrons. The van der Waals surface area contributed by atoms with Crippen molar-refractivity contribution < 1.29 is 4.74 Å². The predicted octanol–water partition coefficient (Wildman–Crippen LogP) is 5.63. The molecular weight excluding hydrogens is 374 g/mol. The number of aryl methyl sites for hydroxylation is 1. The summed E-state index contributed by atoms with van der Waals surface area (Å²) in [6.07, 6.45) is 0. The van der Waals surface area contributed by atoms with Crippen molar-refractivity contribution in [1.29, 1.82) is 0 Å². The van der Waals surface area contributed by atoms with E-state index in [4.69, 9.17) is 4.74 Å². The molecule has 0 spiro atoms. The molecule has 3 aromatic carbocycles. The second-order valence-corrected chi connectivity index (χ2v) is 7.03. The molecule has 0 heterocycles. The highest BCUT2D eigenvalue weighted by Gasteiger charge is 2.06. The molecule has 3 aromatic rings. The third kappa shape index (κ3) is 5.45. The molecule has 0 unspecified atom stereocenters. The van der Waals surface area contributed by atoms with Crippen LogP contribution < -0.4 is 10.1 Å². The van der Waals surface area contributed by atoms with Gasteiger partial charge in [0.1, 0.15) is 12.4 Å². The van der Waals surface area contributed by atoms with Gasteiger partial charge in [-0.15, -0.1) is 0 Å². The monoisotopic (exact) mass is 395 g/mol. The molecule has 0 amide bonds. The summed E-state index contributed by atoms with van der Waals surface area (Å²) >= 11 is 3.56. The van der Waals surface area contributed by atoms with E-state index in [0.717, 1.165) is 28.9 Å². The number of hydrogen-bond donors (Lipinski definition) is 1. The summed E-state index contributed by atoms with van der Waals surface area (Å²) in [5.41, 5.74) is 4.87. The standard InChI is InChI=1S/C22H22BrNO/c1-17-6-5-9-19(12-17)16-25-22-11-10-21(23)13-20(22)15-24-14-18-7-3-2-4-8-18/h2-13,24H,14-16H2,1H3. The van der Waals surface area contributed by atoms with Crippen LogP contribution in [0.1, 0.15) is 22.3 Å². The minimum atomic E-state index is 0.578. The third-order valence-electron chi connectivity index (χ3n) is 3.99. The number of rotatable bonds is 7. The van der Waals surface area contributed by atoms with E-state index in [1.54, 1.807) is 0 Å². The number of benzene rings is 3. The van der Waals surface area contributed by atoms with E-state index in [2.05, 4.69) is 82.8 Å².